The summed E-state index contributed by atoms with van der Waals surface area (Å²) in [6.07, 6.45) is 0.855. The van der Waals surface area contributed by atoms with Crippen molar-refractivity contribution < 1.29 is 25.3 Å². The second-order valence-electron chi connectivity index (χ2n) is 11.0. The highest BCUT2D eigenvalue weighted by Crippen LogP contribution is 2.38. The van der Waals surface area contributed by atoms with Crippen LogP contribution in [0.15, 0.2) is 65.8 Å². The number of hydrogen-bond acceptors (Lipinski definition) is 6. The highest BCUT2D eigenvalue weighted by atomic mass is 16.5. The molecule has 10 heteroatoms. The standard InChI is InChI=1S/C30H37N5O5.H2/c1-21(36)32-29(2,3)27(38)31-24(19-40-18-23-13-9-6-10-14-23)26(37)35-16-15-25-30(20-35,28(39)34(4)33-25)17-22-11-7-5-8-12-22;/h5-14,24H,15-20H2,1-4H3,(H,31,38)(H,32,36);1H. The average molecular weight is 550 g/mol. The molecule has 2 heterocycles. The predicted molar refractivity (Wildman–Crippen MR) is 152 cm³/mol. The monoisotopic (exact) mass is 549 g/mol. The molecule has 0 bridgehead atoms. The van der Waals surface area contributed by atoms with Crippen molar-refractivity contribution in [2.24, 2.45) is 10.5 Å². The van der Waals surface area contributed by atoms with E-state index in [1.54, 1.807) is 25.8 Å². The number of carbonyl (C=O) groups excluding carboxylic acids is 4. The summed E-state index contributed by atoms with van der Waals surface area (Å²) in [5.41, 5.74) is 0.448. The SMILES string of the molecule is CC(=O)NC(C)(C)C(=O)NC(COCc1ccccc1)C(=O)N1CCC2=NN(C)C(=O)C2(Cc2ccccc2)C1.[HH]. The van der Waals surface area contributed by atoms with Gasteiger partial charge in [-0.3, -0.25) is 19.2 Å². The Morgan fingerprint density at radius 2 is 1.70 bits per heavy atom. The Kier molecular flexibility index (Phi) is 8.68. The van der Waals surface area contributed by atoms with Gasteiger partial charge in [-0.25, -0.2) is 5.01 Å². The number of amides is 4. The number of benzene rings is 2. The van der Waals surface area contributed by atoms with Gasteiger partial charge in [0.15, 0.2) is 0 Å². The van der Waals surface area contributed by atoms with E-state index in [0.29, 0.717) is 19.4 Å². The molecular weight excluding hydrogens is 510 g/mol. The molecule has 10 nitrogen and oxygen atoms in total. The molecule has 2 unspecified atom stereocenters. The third-order valence-corrected chi connectivity index (χ3v) is 7.32. The summed E-state index contributed by atoms with van der Waals surface area (Å²) in [7, 11) is 1.64. The van der Waals surface area contributed by atoms with Crippen LogP contribution in [0.5, 0.6) is 0 Å². The van der Waals surface area contributed by atoms with E-state index >= 15 is 0 Å². The van der Waals surface area contributed by atoms with E-state index in [4.69, 9.17) is 4.74 Å². The Labute approximate surface area is 236 Å². The van der Waals surface area contributed by atoms with Gasteiger partial charge < -0.3 is 20.3 Å². The number of ether oxygens (including phenoxy) is 1. The highest BCUT2D eigenvalue weighted by Gasteiger charge is 2.54. The maximum absolute atomic E-state index is 14.0. The number of fused-ring (bicyclic) bond motifs is 1. The van der Waals surface area contributed by atoms with Gasteiger partial charge in [-0.1, -0.05) is 60.7 Å². The first-order chi connectivity index (χ1) is 19.0. The summed E-state index contributed by atoms with van der Waals surface area (Å²) >= 11 is 0. The maximum Gasteiger partial charge on any atom is 0.256 e. The third-order valence-electron chi connectivity index (χ3n) is 7.32. The molecule has 1 saturated heterocycles. The summed E-state index contributed by atoms with van der Waals surface area (Å²) in [4.78, 5) is 53.9. The fraction of sp³-hybridized carbons (Fsp3) is 0.433. The lowest BCUT2D eigenvalue weighted by Crippen LogP contribution is -2.62. The van der Waals surface area contributed by atoms with Crippen molar-refractivity contribution >= 4 is 29.3 Å². The van der Waals surface area contributed by atoms with E-state index in [9.17, 15) is 19.2 Å². The van der Waals surface area contributed by atoms with Gasteiger partial charge in [0.1, 0.15) is 17.0 Å². The van der Waals surface area contributed by atoms with Crippen LogP contribution < -0.4 is 10.6 Å². The van der Waals surface area contributed by atoms with Gasteiger partial charge in [0.2, 0.25) is 17.7 Å². The molecule has 0 aromatic heterocycles. The minimum atomic E-state index is -1.25. The van der Waals surface area contributed by atoms with Crippen molar-refractivity contribution in [1.29, 1.82) is 0 Å². The van der Waals surface area contributed by atoms with Crippen molar-refractivity contribution in [3.05, 3.63) is 71.8 Å². The molecule has 2 aromatic carbocycles. The second kappa shape index (κ2) is 12.0. The maximum atomic E-state index is 14.0. The lowest BCUT2D eigenvalue weighted by atomic mass is 9.73. The average Bonchev–Trinajstić information content (AvgIpc) is 3.16. The third kappa shape index (κ3) is 6.39. The van der Waals surface area contributed by atoms with Gasteiger partial charge >= 0.3 is 0 Å². The van der Waals surface area contributed by atoms with E-state index in [1.807, 2.05) is 60.7 Å². The van der Waals surface area contributed by atoms with E-state index in [0.717, 1.165) is 16.8 Å². The lowest BCUT2D eigenvalue weighted by molar-refractivity contribution is -0.144. The van der Waals surface area contributed by atoms with Crippen LogP contribution in [-0.2, 0) is 36.9 Å². The largest absolute Gasteiger partial charge is 0.374 e. The molecule has 0 aliphatic carbocycles. The fourth-order valence-electron chi connectivity index (χ4n) is 5.31. The molecule has 2 aliphatic rings. The number of hydrogen-bond donors (Lipinski definition) is 2. The van der Waals surface area contributed by atoms with E-state index in [2.05, 4.69) is 15.7 Å². The summed E-state index contributed by atoms with van der Waals surface area (Å²) in [6.45, 7) is 5.15. The topological polar surface area (TPSA) is 120 Å². The Hall–Kier alpha value is -4.05. The van der Waals surface area contributed by atoms with E-state index in [1.165, 1.54) is 11.9 Å². The summed E-state index contributed by atoms with van der Waals surface area (Å²) in [5.74, 6) is -1.39. The molecule has 2 aromatic rings. The van der Waals surface area contributed by atoms with Gasteiger partial charge in [-0.2, -0.15) is 5.10 Å². The molecule has 214 valence electrons. The van der Waals surface area contributed by atoms with E-state index < -0.39 is 22.9 Å². The fourth-order valence-corrected chi connectivity index (χ4v) is 5.31. The molecule has 0 saturated carbocycles. The van der Waals surface area contributed by atoms with Gasteiger partial charge in [0.25, 0.3) is 5.91 Å². The summed E-state index contributed by atoms with van der Waals surface area (Å²) in [6, 6.07) is 18.2. The molecule has 4 rings (SSSR count). The Balaban J connectivity index is 0.00000462. The Bertz CT molecular complexity index is 1290. The number of carbonyl (C=O) groups is 4. The number of nitrogens with zero attached hydrogens (tertiary/aromatic N) is 3. The normalized spacial score (nSPS) is 19.5. The zero-order chi connectivity index (χ0) is 28.9. The first-order valence-corrected chi connectivity index (χ1v) is 13.4. The van der Waals surface area contributed by atoms with Crippen LogP contribution in [-0.4, -0.2) is 77.6 Å². The number of nitrogens with one attached hydrogen (secondary N) is 2. The Morgan fingerprint density at radius 3 is 2.33 bits per heavy atom. The van der Waals surface area contributed by atoms with Crippen molar-refractivity contribution in [2.45, 2.75) is 51.8 Å². The van der Waals surface area contributed by atoms with Crippen LogP contribution in [0.2, 0.25) is 0 Å². The molecule has 2 N–H and O–H groups in total. The van der Waals surface area contributed by atoms with E-state index in [-0.39, 0.29) is 38.9 Å². The second-order valence-corrected chi connectivity index (χ2v) is 11.0. The van der Waals surface area contributed by atoms with Crippen molar-refractivity contribution in [3.63, 3.8) is 0 Å². The minimum absolute atomic E-state index is 0. The van der Waals surface area contributed by atoms with Crippen molar-refractivity contribution in [3.8, 4) is 0 Å². The molecular formula is C30H39N5O5. The lowest BCUT2D eigenvalue weighted by Gasteiger charge is -2.41. The van der Waals surface area contributed by atoms with Gasteiger partial charge in [0.05, 0.1) is 18.9 Å². The number of piperidine rings is 1. The molecule has 4 amide bonds. The van der Waals surface area contributed by atoms with Crippen LogP contribution in [0.3, 0.4) is 0 Å². The van der Waals surface area contributed by atoms with Crippen LogP contribution in [0.25, 0.3) is 0 Å². The van der Waals surface area contributed by atoms with Crippen LogP contribution >= 0.6 is 0 Å². The van der Waals surface area contributed by atoms with Gasteiger partial charge in [-0.05, 0) is 31.4 Å². The van der Waals surface area contributed by atoms with Gasteiger partial charge in [0, 0.05) is 34.9 Å². The van der Waals surface area contributed by atoms with Crippen molar-refractivity contribution in [1.82, 2.24) is 20.5 Å². The summed E-state index contributed by atoms with van der Waals surface area (Å²) in [5, 5.41) is 11.3. The quantitative estimate of drug-likeness (QED) is 0.471. The van der Waals surface area contributed by atoms with Crippen LogP contribution in [0.1, 0.15) is 39.7 Å². The first kappa shape index (κ1) is 28.9. The molecule has 0 spiro atoms. The molecule has 1 fully saturated rings. The first-order valence-electron chi connectivity index (χ1n) is 13.4. The van der Waals surface area contributed by atoms with Crippen LogP contribution in [0, 0.1) is 5.41 Å². The molecule has 2 atom stereocenters. The molecule has 40 heavy (non-hydrogen) atoms. The number of hydrazone groups is 1. The van der Waals surface area contributed by atoms with Crippen LogP contribution in [0.4, 0.5) is 0 Å². The smallest absolute Gasteiger partial charge is 0.256 e. The van der Waals surface area contributed by atoms with Gasteiger partial charge in [-0.15, -0.1) is 0 Å². The summed E-state index contributed by atoms with van der Waals surface area (Å²) < 4.78 is 5.89. The minimum Gasteiger partial charge on any atom is -0.374 e. The highest BCUT2D eigenvalue weighted by molar-refractivity contribution is 6.13. The Morgan fingerprint density at radius 1 is 1.07 bits per heavy atom. The number of rotatable bonds is 10. The molecule has 0 radical (unpaired) electrons. The zero-order valence-corrected chi connectivity index (χ0v) is 23.5. The van der Waals surface area contributed by atoms with Crippen molar-refractivity contribution in [2.75, 3.05) is 26.7 Å². The number of likely N-dealkylation sites (tertiary alicyclic amines) is 1. The molecule has 2 aliphatic heterocycles. The zero-order valence-electron chi connectivity index (χ0n) is 23.5. The predicted octanol–water partition coefficient (Wildman–Crippen LogP) is 2.14.